The van der Waals surface area contributed by atoms with Gasteiger partial charge < -0.3 is 9.64 Å². The molecule has 4 rings (SSSR count). The van der Waals surface area contributed by atoms with Gasteiger partial charge in [0.15, 0.2) is 9.84 Å². The van der Waals surface area contributed by atoms with Crippen LogP contribution in [0.2, 0.25) is 0 Å². The van der Waals surface area contributed by atoms with Gasteiger partial charge in [0.2, 0.25) is 0 Å². The molecule has 1 aromatic heterocycles. The van der Waals surface area contributed by atoms with Gasteiger partial charge in [-0.2, -0.15) is 0 Å². The number of fused-ring (bicyclic) bond motifs is 3. The summed E-state index contributed by atoms with van der Waals surface area (Å²) in [5, 5.41) is 0. The number of hydrogen-bond acceptors (Lipinski definition) is 6. The molecule has 0 unspecified atom stereocenters. The summed E-state index contributed by atoms with van der Waals surface area (Å²) >= 11 is 0. The summed E-state index contributed by atoms with van der Waals surface area (Å²) in [6.45, 7) is 2.65. The number of rotatable bonds is 2. The quantitative estimate of drug-likeness (QED) is 0.791. The highest BCUT2D eigenvalue weighted by Crippen LogP contribution is 2.34. The van der Waals surface area contributed by atoms with Gasteiger partial charge in [0.05, 0.1) is 35.0 Å². The lowest BCUT2D eigenvalue weighted by Crippen LogP contribution is -2.47. The highest BCUT2D eigenvalue weighted by molar-refractivity contribution is 7.91. The molecule has 2 fully saturated rings. The Labute approximate surface area is 137 Å². The Hall–Kier alpha value is -1.18. The monoisotopic (exact) mass is 337 g/mol. The third-order valence-electron chi connectivity index (χ3n) is 5.39. The van der Waals surface area contributed by atoms with Crippen molar-refractivity contribution in [3.63, 3.8) is 0 Å². The maximum absolute atomic E-state index is 12.1. The van der Waals surface area contributed by atoms with Crippen molar-refractivity contribution < 1.29 is 13.2 Å². The summed E-state index contributed by atoms with van der Waals surface area (Å²) in [6.07, 6.45) is 3.93. The molecule has 3 atom stereocenters. The first-order valence-corrected chi connectivity index (χ1v) is 10.1. The maximum atomic E-state index is 12.1. The standard InChI is InChI=1S/C16H23N3O3S/c1-22-16-11-23(20,21)10-15(16)18-8-12-4-3-7-19(12)14-5-2-6-17-13(14)9-18/h2,5-6,12,15-16H,3-4,7-11H2,1H3/t12-,15-,16+/m0/s1. The minimum absolute atomic E-state index is 0.0691. The van der Waals surface area contributed by atoms with E-state index in [1.807, 2.05) is 12.3 Å². The van der Waals surface area contributed by atoms with Gasteiger partial charge in [0.25, 0.3) is 0 Å². The summed E-state index contributed by atoms with van der Waals surface area (Å²) in [5.74, 6) is 0.328. The van der Waals surface area contributed by atoms with Crippen LogP contribution in [0, 0.1) is 0 Å². The zero-order valence-corrected chi connectivity index (χ0v) is 14.2. The van der Waals surface area contributed by atoms with Crippen LogP contribution >= 0.6 is 0 Å². The van der Waals surface area contributed by atoms with Crippen molar-refractivity contribution in [1.29, 1.82) is 0 Å². The molecule has 0 bridgehead atoms. The molecule has 0 amide bonds. The lowest BCUT2D eigenvalue weighted by molar-refractivity contribution is 0.0390. The van der Waals surface area contributed by atoms with E-state index in [2.05, 4.69) is 20.9 Å². The smallest absolute Gasteiger partial charge is 0.154 e. The predicted molar refractivity (Wildman–Crippen MR) is 88.3 cm³/mol. The zero-order valence-electron chi connectivity index (χ0n) is 13.4. The van der Waals surface area contributed by atoms with Crippen LogP contribution in [0.25, 0.3) is 0 Å². The molecule has 126 valence electrons. The van der Waals surface area contributed by atoms with Crippen molar-refractivity contribution in [3.05, 3.63) is 24.0 Å². The third kappa shape index (κ3) is 2.75. The minimum atomic E-state index is -3.02. The molecule has 6 nitrogen and oxygen atoms in total. The lowest BCUT2D eigenvalue weighted by atomic mass is 10.1. The van der Waals surface area contributed by atoms with Gasteiger partial charge in [-0.25, -0.2) is 8.42 Å². The van der Waals surface area contributed by atoms with Crippen molar-refractivity contribution in [2.75, 3.05) is 36.6 Å². The van der Waals surface area contributed by atoms with Crippen molar-refractivity contribution in [3.8, 4) is 0 Å². The van der Waals surface area contributed by atoms with Crippen molar-refractivity contribution in [2.24, 2.45) is 0 Å². The second-order valence-electron chi connectivity index (χ2n) is 6.81. The van der Waals surface area contributed by atoms with Crippen LogP contribution in [0.15, 0.2) is 18.3 Å². The van der Waals surface area contributed by atoms with Crippen LogP contribution in [-0.4, -0.2) is 68.2 Å². The van der Waals surface area contributed by atoms with E-state index in [9.17, 15) is 8.42 Å². The molecule has 2 saturated heterocycles. The summed E-state index contributed by atoms with van der Waals surface area (Å²) in [5.41, 5.74) is 2.27. The number of anilines is 1. The van der Waals surface area contributed by atoms with E-state index in [4.69, 9.17) is 4.74 Å². The topological polar surface area (TPSA) is 62.7 Å². The molecule has 0 aliphatic carbocycles. The number of sulfone groups is 1. The molecular formula is C16H23N3O3S. The second kappa shape index (κ2) is 5.72. The van der Waals surface area contributed by atoms with Gasteiger partial charge in [0, 0.05) is 39.0 Å². The fourth-order valence-electron chi connectivity index (χ4n) is 4.30. The summed E-state index contributed by atoms with van der Waals surface area (Å²) in [4.78, 5) is 9.32. The Morgan fingerprint density at radius 2 is 2.22 bits per heavy atom. The van der Waals surface area contributed by atoms with Crippen molar-refractivity contribution in [2.45, 2.75) is 37.6 Å². The number of methoxy groups -OCH3 is 1. The lowest BCUT2D eigenvalue weighted by Gasteiger charge is -2.32. The van der Waals surface area contributed by atoms with Gasteiger partial charge in [0.1, 0.15) is 0 Å². The van der Waals surface area contributed by atoms with Crippen molar-refractivity contribution in [1.82, 2.24) is 9.88 Å². The predicted octanol–water partition coefficient (Wildman–Crippen LogP) is 0.678. The molecule has 3 aliphatic heterocycles. The first-order chi connectivity index (χ1) is 11.1. The van der Waals surface area contributed by atoms with Crippen LogP contribution in [0.3, 0.4) is 0 Å². The molecule has 23 heavy (non-hydrogen) atoms. The summed E-state index contributed by atoms with van der Waals surface area (Å²) in [7, 11) is -1.40. The largest absolute Gasteiger partial charge is 0.379 e. The first-order valence-electron chi connectivity index (χ1n) is 8.25. The number of pyridine rings is 1. The van der Waals surface area contributed by atoms with E-state index in [1.54, 1.807) is 7.11 Å². The average molecular weight is 337 g/mol. The maximum Gasteiger partial charge on any atom is 0.154 e. The number of ether oxygens (including phenoxy) is 1. The van der Waals surface area contributed by atoms with Gasteiger partial charge in [-0.15, -0.1) is 0 Å². The summed E-state index contributed by atoms with van der Waals surface area (Å²) < 4.78 is 29.7. The molecule has 7 heteroatoms. The average Bonchev–Trinajstić information content (AvgIpc) is 3.07. The third-order valence-corrected chi connectivity index (χ3v) is 7.08. The molecule has 0 aromatic carbocycles. The van der Waals surface area contributed by atoms with Crippen LogP contribution in [0.4, 0.5) is 5.69 Å². The number of nitrogens with zero attached hydrogens (tertiary/aromatic N) is 3. The van der Waals surface area contributed by atoms with E-state index >= 15 is 0 Å². The van der Waals surface area contributed by atoms with E-state index < -0.39 is 9.84 Å². The van der Waals surface area contributed by atoms with Gasteiger partial charge in [-0.1, -0.05) is 0 Å². The first kappa shape index (κ1) is 15.4. The molecule has 4 heterocycles. The molecule has 0 saturated carbocycles. The fourth-order valence-corrected chi connectivity index (χ4v) is 6.24. The molecule has 0 spiro atoms. The van der Waals surface area contributed by atoms with Crippen LogP contribution in [0.5, 0.6) is 0 Å². The molecule has 0 N–H and O–H groups in total. The van der Waals surface area contributed by atoms with Crippen LogP contribution < -0.4 is 4.90 Å². The molecule has 0 radical (unpaired) electrons. The van der Waals surface area contributed by atoms with E-state index in [0.29, 0.717) is 12.6 Å². The Kier molecular flexibility index (Phi) is 3.82. The van der Waals surface area contributed by atoms with E-state index in [1.165, 1.54) is 12.1 Å². The molecular weight excluding hydrogens is 314 g/mol. The highest BCUT2D eigenvalue weighted by atomic mass is 32.2. The number of aromatic nitrogens is 1. The Morgan fingerprint density at radius 3 is 3.04 bits per heavy atom. The zero-order chi connectivity index (χ0) is 16.0. The minimum Gasteiger partial charge on any atom is -0.379 e. The fraction of sp³-hybridized carbons (Fsp3) is 0.688. The summed E-state index contributed by atoms with van der Waals surface area (Å²) in [6, 6.07) is 4.51. The molecule has 1 aromatic rings. The van der Waals surface area contributed by atoms with E-state index in [0.717, 1.165) is 25.2 Å². The van der Waals surface area contributed by atoms with Gasteiger partial charge in [-0.05, 0) is 25.0 Å². The Bertz CT molecular complexity index is 694. The van der Waals surface area contributed by atoms with Gasteiger partial charge >= 0.3 is 0 Å². The Balaban J connectivity index is 1.68. The number of hydrogen-bond donors (Lipinski definition) is 0. The van der Waals surface area contributed by atoms with Crippen LogP contribution in [0.1, 0.15) is 18.5 Å². The van der Waals surface area contributed by atoms with E-state index in [-0.39, 0.29) is 23.7 Å². The highest BCUT2D eigenvalue weighted by Gasteiger charge is 2.44. The van der Waals surface area contributed by atoms with Gasteiger partial charge in [-0.3, -0.25) is 9.88 Å². The van der Waals surface area contributed by atoms with Crippen molar-refractivity contribution >= 4 is 15.5 Å². The molecule has 3 aliphatic rings. The second-order valence-corrected chi connectivity index (χ2v) is 8.96. The SMILES string of the molecule is CO[C@@H]1CS(=O)(=O)C[C@@H]1N1Cc2ncccc2N2CCC[C@H]2C1. The normalized spacial score (nSPS) is 33.3. The Morgan fingerprint density at radius 1 is 1.35 bits per heavy atom. The van der Waals surface area contributed by atoms with Crippen LogP contribution in [-0.2, 0) is 21.1 Å².